The quantitative estimate of drug-likeness (QED) is 0.806. The first kappa shape index (κ1) is 17.6. The summed E-state index contributed by atoms with van der Waals surface area (Å²) in [5.74, 6) is 0.0391. The van der Waals surface area contributed by atoms with Crippen LogP contribution >= 0.6 is 0 Å². The Morgan fingerprint density at radius 3 is 2.24 bits per heavy atom. The van der Waals surface area contributed by atoms with Crippen LogP contribution in [0.4, 0.5) is 4.39 Å². The highest BCUT2D eigenvalue weighted by molar-refractivity contribution is 5.78. The fourth-order valence-electron chi connectivity index (χ4n) is 3.26. The van der Waals surface area contributed by atoms with E-state index in [9.17, 15) is 9.18 Å². The Labute approximate surface area is 149 Å². The topological polar surface area (TPSA) is 23.6 Å². The van der Waals surface area contributed by atoms with Crippen molar-refractivity contribution >= 4 is 5.91 Å². The molecule has 0 bridgehead atoms. The van der Waals surface area contributed by atoms with Crippen molar-refractivity contribution in [2.75, 3.05) is 32.7 Å². The molecule has 2 aromatic carbocycles. The zero-order valence-corrected chi connectivity index (χ0v) is 14.5. The molecule has 1 heterocycles. The number of nitrogens with zero attached hydrogens (tertiary/aromatic N) is 2. The lowest BCUT2D eigenvalue weighted by molar-refractivity contribution is -0.132. The van der Waals surface area contributed by atoms with Crippen LogP contribution in [0.3, 0.4) is 0 Å². The molecular weight excluding hydrogens is 315 g/mol. The second-order valence-corrected chi connectivity index (χ2v) is 6.61. The molecule has 3 rings (SSSR count). The van der Waals surface area contributed by atoms with Crippen molar-refractivity contribution in [2.24, 2.45) is 0 Å². The Morgan fingerprint density at radius 1 is 0.880 bits per heavy atom. The van der Waals surface area contributed by atoms with E-state index in [1.165, 1.54) is 17.7 Å². The van der Waals surface area contributed by atoms with E-state index in [4.69, 9.17) is 0 Å². The molecule has 0 saturated carbocycles. The highest BCUT2D eigenvalue weighted by atomic mass is 19.1. The third kappa shape index (κ3) is 5.40. The van der Waals surface area contributed by atoms with Gasteiger partial charge in [0.2, 0.25) is 5.91 Å². The lowest BCUT2D eigenvalue weighted by atomic mass is 10.1. The molecule has 0 aromatic heterocycles. The zero-order valence-electron chi connectivity index (χ0n) is 14.5. The van der Waals surface area contributed by atoms with Gasteiger partial charge in [0.1, 0.15) is 5.82 Å². The predicted octanol–water partition coefficient (Wildman–Crippen LogP) is 3.15. The van der Waals surface area contributed by atoms with Crippen molar-refractivity contribution in [1.29, 1.82) is 0 Å². The maximum Gasteiger partial charge on any atom is 0.227 e. The summed E-state index contributed by atoms with van der Waals surface area (Å²) in [6.45, 7) is 4.51. The fraction of sp³-hybridized carbons (Fsp3) is 0.381. The minimum Gasteiger partial charge on any atom is -0.340 e. The first-order chi connectivity index (χ1) is 12.2. The largest absolute Gasteiger partial charge is 0.340 e. The van der Waals surface area contributed by atoms with Crippen LogP contribution in [0.25, 0.3) is 0 Å². The predicted molar refractivity (Wildman–Crippen MR) is 97.9 cm³/mol. The molecule has 1 aliphatic heterocycles. The van der Waals surface area contributed by atoms with Gasteiger partial charge in [-0.2, -0.15) is 0 Å². The maximum atomic E-state index is 12.9. The highest BCUT2D eigenvalue weighted by Crippen LogP contribution is 2.09. The van der Waals surface area contributed by atoms with Gasteiger partial charge in [0.15, 0.2) is 0 Å². The third-order valence-electron chi connectivity index (χ3n) is 4.78. The van der Waals surface area contributed by atoms with Gasteiger partial charge >= 0.3 is 0 Å². The van der Waals surface area contributed by atoms with Gasteiger partial charge < -0.3 is 4.90 Å². The number of amides is 1. The van der Waals surface area contributed by atoms with E-state index in [1.54, 1.807) is 0 Å². The number of carbonyl (C=O) groups is 1. The van der Waals surface area contributed by atoms with Crippen molar-refractivity contribution in [3.05, 3.63) is 71.5 Å². The molecule has 1 aliphatic rings. The number of hydrogen-bond acceptors (Lipinski definition) is 2. The van der Waals surface area contributed by atoms with E-state index < -0.39 is 0 Å². The number of hydrogen-bond donors (Lipinski definition) is 0. The Bertz CT molecular complexity index is 664. The molecule has 1 amide bonds. The second kappa shape index (κ2) is 8.77. The van der Waals surface area contributed by atoms with Crippen LogP contribution in [0.2, 0.25) is 0 Å². The first-order valence-corrected chi connectivity index (χ1v) is 8.99. The molecule has 4 heteroatoms. The van der Waals surface area contributed by atoms with Gasteiger partial charge in [-0.15, -0.1) is 0 Å². The van der Waals surface area contributed by atoms with E-state index in [0.717, 1.165) is 51.1 Å². The molecule has 25 heavy (non-hydrogen) atoms. The van der Waals surface area contributed by atoms with Gasteiger partial charge in [0, 0.05) is 26.2 Å². The van der Waals surface area contributed by atoms with Gasteiger partial charge in [0.05, 0.1) is 6.42 Å². The second-order valence-electron chi connectivity index (χ2n) is 6.61. The highest BCUT2D eigenvalue weighted by Gasteiger charge is 2.20. The van der Waals surface area contributed by atoms with E-state index in [0.29, 0.717) is 6.42 Å². The Balaban J connectivity index is 1.37. The molecule has 0 spiro atoms. The molecule has 0 N–H and O–H groups in total. The van der Waals surface area contributed by atoms with Gasteiger partial charge in [-0.25, -0.2) is 4.39 Å². The molecule has 0 radical (unpaired) electrons. The standard InChI is InChI=1S/C21H25FN2O/c22-20-10-8-18(9-11-20)7-4-12-23-13-15-24(16-14-23)21(25)17-19-5-2-1-3-6-19/h1-3,5-6,8-11H,4,7,12-17H2. The number of piperazine rings is 1. The monoisotopic (exact) mass is 340 g/mol. The summed E-state index contributed by atoms with van der Waals surface area (Å²) in [5.41, 5.74) is 2.26. The first-order valence-electron chi connectivity index (χ1n) is 8.99. The smallest absolute Gasteiger partial charge is 0.227 e. The van der Waals surface area contributed by atoms with Crippen molar-refractivity contribution in [3.63, 3.8) is 0 Å². The van der Waals surface area contributed by atoms with Crippen molar-refractivity contribution in [2.45, 2.75) is 19.3 Å². The van der Waals surface area contributed by atoms with Crippen molar-refractivity contribution in [1.82, 2.24) is 9.80 Å². The SMILES string of the molecule is O=C(Cc1ccccc1)N1CCN(CCCc2ccc(F)cc2)CC1. The summed E-state index contributed by atoms with van der Waals surface area (Å²) >= 11 is 0. The Morgan fingerprint density at radius 2 is 1.56 bits per heavy atom. The lowest BCUT2D eigenvalue weighted by Gasteiger charge is -2.34. The van der Waals surface area contributed by atoms with E-state index in [-0.39, 0.29) is 11.7 Å². The van der Waals surface area contributed by atoms with Gasteiger partial charge in [0.25, 0.3) is 0 Å². The van der Waals surface area contributed by atoms with E-state index in [2.05, 4.69) is 4.90 Å². The van der Waals surface area contributed by atoms with Gasteiger partial charge in [-0.05, 0) is 42.6 Å². The normalized spacial score (nSPS) is 15.3. The minimum atomic E-state index is -0.181. The number of carbonyl (C=O) groups excluding carboxylic acids is 1. The number of rotatable bonds is 6. The molecule has 1 saturated heterocycles. The molecule has 0 aliphatic carbocycles. The van der Waals surface area contributed by atoms with Gasteiger partial charge in [-0.1, -0.05) is 42.5 Å². The number of benzene rings is 2. The van der Waals surface area contributed by atoms with Gasteiger partial charge in [-0.3, -0.25) is 9.69 Å². The van der Waals surface area contributed by atoms with Crippen LogP contribution in [0, 0.1) is 5.82 Å². The zero-order chi connectivity index (χ0) is 17.5. The maximum absolute atomic E-state index is 12.9. The molecular formula is C21H25FN2O. The van der Waals surface area contributed by atoms with Crippen molar-refractivity contribution < 1.29 is 9.18 Å². The Kier molecular flexibility index (Phi) is 6.18. The van der Waals surface area contributed by atoms with Crippen LogP contribution in [0.1, 0.15) is 17.5 Å². The average molecular weight is 340 g/mol. The summed E-state index contributed by atoms with van der Waals surface area (Å²) in [6.07, 6.45) is 2.52. The molecule has 132 valence electrons. The summed E-state index contributed by atoms with van der Waals surface area (Å²) in [7, 11) is 0. The minimum absolute atomic E-state index is 0.181. The summed E-state index contributed by atoms with van der Waals surface area (Å²) in [4.78, 5) is 16.8. The molecule has 3 nitrogen and oxygen atoms in total. The summed E-state index contributed by atoms with van der Waals surface area (Å²) in [6, 6.07) is 16.7. The summed E-state index contributed by atoms with van der Waals surface area (Å²) in [5, 5.41) is 0. The third-order valence-corrected chi connectivity index (χ3v) is 4.78. The van der Waals surface area contributed by atoms with E-state index in [1.807, 2.05) is 47.4 Å². The number of aryl methyl sites for hydroxylation is 1. The van der Waals surface area contributed by atoms with Crippen LogP contribution in [0.15, 0.2) is 54.6 Å². The van der Waals surface area contributed by atoms with Crippen molar-refractivity contribution in [3.8, 4) is 0 Å². The number of halogens is 1. The van der Waals surface area contributed by atoms with E-state index >= 15 is 0 Å². The van der Waals surface area contributed by atoms with Crippen LogP contribution in [-0.4, -0.2) is 48.4 Å². The lowest BCUT2D eigenvalue weighted by Crippen LogP contribution is -2.49. The summed E-state index contributed by atoms with van der Waals surface area (Å²) < 4.78 is 12.9. The average Bonchev–Trinajstić information content (AvgIpc) is 2.65. The van der Waals surface area contributed by atoms with Crippen LogP contribution < -0.4 is 0 Å². The van der Waals surface area contributed by atoms with Crippen LogP contribution in [-0.2, 0) is 17.6 Å². The Hall–Kier alpha value is -2.20. The molecule has 0 unspecified atom stereocenters. The molecule has 1 fully saturated rings. The molecule has 2 aromatic rings. The van der Waals surface area contributed by atoms with Crippen LogP contribution in [0.5, 0.6) is 0 Å². The fourth-order valence-corrected chi connectivity index (χ4v) is 3.26. The molecule has 0 atom stereocenters.